The molecule has 0 N–H and O–H groups in total. The maximum atomic E-state index is 11.9. The van der Waals surface area contributed by atoms with Crippen LogP contribution in [0.1, 0.15) is 26.3 Å². The smallest absolute Gasteiger partial charge is 0.336 e. The predicted molar refractivity (Wildman–Crippen MR) is 72.1 cm³/mol. The molecule has 0 amide bonds. The van der Waals surface area contributed by atoms with Gasteiger partial charge in [-0.15, -0.1) is 0 Å². The number of rotatable bonds is 6. The van der Waals surface area contributed by atoms with Crippen LogP contribution in [0.3, 0.4) is 0 Å². The first kappa shape index (κ1) is 14.5. The van der Waals surface area contributed by atoms with Gasteiger partial charge in [0.05, 0.1) is 18.3 Å². The van der Waals surface area contributed by atoms with E-state index in [1.165, 1.54) is 0 Å². The molecule has 0 heterocycles. The molecule has 0 bridgehead atoms. The fourth-order valence-electron chi connectivity index (χ4n) is 1.41. The summed E-state index contributed by atoms with van der Waals surface area (Å²) in [7, 11) is 0. The number of carbonyl (C=O) groups excluding carboxylic acids is 1. The summed E-state index contributed by atoms with van der Waals surface area (Å²) >= 11 is 0. The number of benzene rings is 1. The molecule has 3 nitrogen and oxygen atoms in total. The minimum absolute atomic E-state index is 0.127. The Morgan fingerprint density at radius 3 is 2.50 bits per heavy atom. The standard InChI is InChI=1S/C15H20O3/c1-4-17-11-14(15(16)18-12(2)3)10-13-8-6-5-7-9-13/h5-10,12H,4,11H2,1-3H3. The molecule has 0 saturated carbocycles. The van der Waals surface area contributed by atoms with Crippen molar-refractivity contribution in [3.63, 3.8) is 0 Å². The van der Waals surface area contributed by atoms with Gasteiger partial charge in [-0.3, -0.25) is 0 Å². The first-order valence-electron chi connectivity index (χ1n) is 6.17. The van der Waals surface area contributed by atoms with Crippen molar-refractivity contribution >= 4 is 12.0 Å². The van der Waals surface area contributed by atoms with Crippen LogP contribution in [0.15, 0.2) is 35.9 Å². The second kappa shape index (κ2) is 7.67. The Morgan fingerprint density at radius 1 is 1.28 bits per heavy atom. The SMILES string of the molecule is CCOCC(=Cc1ccccc1)C(=O)OC(C)C. The Morgan fingerprint density at radius 2 is 1.94 bits per heavy atom. The lowest BCUT2D eigenvalue weighted by molar-refractivity contribution is -0.143. The molecule has 18 heavy (non-hydrogen) atoms. The molecule has 0 atom stereocenters. The van der Waals surface area contributed by atoms with Crippen molar-refractivity contribution in [3.8, 4) is 0 Å². The lowest BCUT2D eigenvalue weighted by Crippen LogP contribution is -2.16. The first-order chi connectivity index (χ1) is 8.63. The van der Waals surface area contributed by atoms with Gasteiger partial charge < -0.3 is 9.47 Å². The van der Waals surface area contributed by atoms with E-state index >= 15 is 0 Å². The summed E-state index contributed by atoms with van der Waals surface area (Å²) in [6, 6.07) is 9.67. The molecule has 0 spiro atoms. The van der Waals surface area contributed by atoms with E-state index in [1.807, 2.05) is 51.1 Å². The first-order valence-corrected chi connectivity index (χ1v) is 6.17. The number of hydrogen-bond donors (Lipinski definition) is 0. The van der Waals surface area contributed by atoms with Crippen molar-refractivity contribution in [2.75, 3.05) is 13.2 Å². The van der Waals surface area contributed by atoms with Gasteiger partial charge in [-0.25, -0.2) is 4.79 Å². The third-order valence-electron chi connectivity index (χ3n) is 2.21. The molecular weight excluding hydrogens is 228 g/mol. The summed E-state index contributed by atoms with van der Waals surface area (Å²) < 4.78 is 10.5. The average Bonchev–Trinajstić information content (AvgIpc) is 2.34. The van der Waals surface area contributed by atoms with E-state index in [2.05, 4.69) is 0 Å². The van der Waals surface area contributed by atoms with Crippen molar-refractivity contribution in [1.29, 1.82) is 0 Å². The van der Waals surface area contributed by atoms with Crippen LogP contribution < -0.4 is 0 Å². The van der Waals surface area contributed by atoms with Crippen LogP contribution >= 0.6 is 0 Å². The highest BCUT2D eigenvalue weighted by Crippen LogP contribution is 2.10. The van der Waals surface area contributed by atoms with Gasteiger partial charge in [-0.05, 0) is 32.4 Å². The molecule has 1 aromatic carbocycles. The number of carbonyl (C=O) groups is 1. The van der Waals surface area contributed by atoms with E-state index < -0.39 is 0 Å². The fourth-order valence-corrected chi connectivity index (χ4v) is 1.41. The molecule has 0 aliphatic rings. The Hall–Kier alpha value is -1.61. The van der Waals surface area contributed by atoms with Crippen molar-refractivity contribution in [3.05, 3.63) is 41.5 Å². The molecule has 1 rings (SSSR count). The van der Waals surface area contributed by atoms with E-state index in [0.29, 0.717) is 12.2 Å². The number of esters is 1. The molecule has 0 fully saturated rings. The highest BCUT2D eigenvalue weighted by atomic mass is 16.5. The third kappa shape index (κ3) is 5.15. The van der Waals surface area contributed by atoms with E-state index in [1.54, 1.807) is 6.08 Å². The van der Waals surface area contributed by atoms with E-state index in [0.717, 1.165) is 5.56 Å². The van der Waals surface area contributed by atoms with Crippen LogP contribution in [0.5, 0.6) is 0 Å². The Bertz CT molecular complexity index is 393. The van der Waals surface area contributed by atoms with Gasteiger partial charge in [0.1, 0.15) is 0 Å². The summed E-state index contributed by atoms with van der Waals surface area (Å²) in [5.74, 6) is -0.317. The summed E-state index contributed by atoms with van der Waals surface area (Å²) in [6.07, 6.45) is 1.68. The van der Waals surface area contributed by atoms with Crippen molar-refractivity contribution in [2.45, 2.75) is 26.9 Å². The van der Waals surface area contributed by atoms with Crippen LogP contribution in [0, 0.1) is 0 Å². The van der Waals surface area contributed by atoms with Crippen molar-refractivity contribution in [2.24, 2.45) is 0 Å². The zero-order valence-corrected chi connectivity index (χ0v) is 11.2. The second-order valence-corrected chi connectivity index (χ2v) is 4.17. The third-order valence-corrected chi connectivity index (χ3v) is 2.21. The molecule has 3 heteroatoms. The largest absolute Gasteiger partial charge is 0.460 e. The quantitative estimate of drug-likeness (QED) is 0.573. The van der Waals surface area contributed by atoms with Gasteiger partial charge in [0.2, 0.25) is 0 Å². The van der Waals surface area contributed by atoms with E-state index in [9.17, 15) is 4.79 Å². The molecule has 0 radical (unpaired) electrons. The predicted octanol–water partition coefficient (Wildman–Crippen LogP) is 3.06. The van der Waals surface area contributed by atoms with Gasteiger partial charge in [-0.2, -0.15) is 0 Å². The molecule has 0 aliphatic heterocycles. The van der Waals surface area contributed by atoms with Gasteiger partial charge >= 0.3 is 5.97 Å². The zero-order chi connectivity index (χ0) is 13.4. The average molecular weight is 248 g/mol. The van der Waals surface area contributed by atoms with Gasteiger partial charge in [-0.1, -0.05) is 30.3 Å². The molecule has 0 saturated heterocycles. The Labute approximate surface area is 108 Å². The van der Waals surface area contributed by atoms with Crippen molar-refractivity contribution in [1.82, 2.24) is 0 Å². The number of ether oxygens (including phenoxy) is 2. The second-order valence-electron chi connectivity index (χ2n) is 4.17. The van der Waals surface area contributed by atoms with Crippen LogP contribution in [-0.2, 0) is 14.3 Å². The Balaban J connectivity index is 2.83. The van der Waals surface area contributed by atoms with E-state index in [4.69, 9.17) is 9.47 Å². The minimum atomic E-state index is -0.317. The summed E-state index contributed by atoms with van der Waals surface area (Å²) in [6.45, 7) is 6.41. The van der Waals surface area contributed by atoms with Gasteiger partial charge in [0, 0.05) is 6.61 Å². The van der Waals surface area contributed by atoms with Crippen molar-refractivity contribution < 1.29 is 14.3 Å². The van der Waals surface area contributed by atoms with Crippen LogP contribution in [0.4, 0.5) is 0 Å². The monoisotopic (exact) mass is 248 g/mol. The van der Waals surface area contributed by atoms with Gasteiger partial charge in [0.15, 0.2) is 0 Å². The van der Waals surface area contributed by atoms with Gasteiger partial charge in [0.25, 0.3) is 0 Å². The van der Waals surface area contributed by atoms with E-state index in [-0.39, 0.29) is 18.7 Å². The highest BCUT2D eigenvalue weighted by Gasteiger charge is 2.12. The summed E-state index contributed by atoms with van der Waals surface area (Å²) in [5, 5.41) is 0. The molecule has 0 aliphatic carbocycles. The fraction of sp³-hybridized carbons (Fsp3) is 0.400. The van der Waals surface area contributed by atoms with Crippen LogP contribution in [0.2, 0.25) is 0 Å². The van der Waals surface area contributed by atoms with Crippen LogP contribution in [-0.4, -0.2) is 25.3 Å². The maximum absolute atomic E-state index is 11.9. The lowest BCUT2D eigenvalue weighted by atomic mass is 10.1. The lowest BCUT2D eigenvalue weighted by Gasteiger charge is -2.11. The molecule has 98 valence electrons. The normalized spacial score (nSPS) is 11.7. The summed E-state index contributed by atoms with van der Waals surface area (Å²) in [4.78, 5) is 11.9. The summed E-state index contributed by atoms with van der Waals surface area (Å²) in [5.41, 5.74) is 1.50. The molecule has 0 unspecified atom stereocenters. The number of hydrogen-bond acceptors (Lipinski definition) is 3. The molecular formula is C15H20O3. The minimum Gasteiger partial charge on any atom is -0.460 e. The topological polar surface area (TPSA) is 35.5 Å². The maximum Gasteiger partial charge on any atom is 0.336 e. The zero-order valence-electron chi connectivity index (χ0n) is 11.2. The van der Waals surface area contributed by atoms with Crippen LogP contribution in [0.25, 0.3) is 6.08 Å². The molecule has 0 aromatic heterocycles. The molecule has 1 aromatic rings. The Kier molecular flexibility index (Phi) is 6.15. The highest BCUT2D eigenvalue weighted by molar-refractivity contribution is 5.94.